The summed E-state index contributed by atoms with van der Waals surface area (Å²) in [7, 11) is 0. The van der Waals surface area contributed by atoms with Crippen molar-refractivity contribution in [1.29, 1.82) is 0 Å². The van der Waals surface area contributed by atoms with E-state index in [1.165, 1.54) is 21.6 Å². The van der Waals surface area contributed by atoms with E-state index >= 15 is 0 Å². The number of benzene rings is 2. The highest BCUT2D eigenvalue weighted by Crippen LogP contribution is 2.38. The molecule has 2 aliphatic rings. The third-order valence-electron chi connectivity index (χ3n) is 5.44. The Hall–Kier alpha value is -3.08. The average Bonchev–Trinajstić information content (AvgIpc) is 3.24. The topological polar surface area (TPSA) is 69.6 Å². The van der Waals surface area contributed by atoms with Gasteiger partial charge >= 0.3 is 0 Å². The summed E-state index contributed by atoms with van der Waals surface area (Å²) in [5.41, 5.74) is 4.89. The quantitative estimate of drug-likeness (QED) is 0.878. The molecule has 1 atom stereocenters. The summed E-state index contributed by atoms with van der Waals surface area (Å²) in [5.74, 6) is -1.26. The van der Waals surface area contributed by atoms with Gasteiger partial charge in [-0.15, -0.1) is 0 Å². The Morgan fingerprint density at radius 1 is 1.19 bits per heavy atom. The molecular weight excluding hydrogens is 340 g/mol. The van der Waals surface area contributed by atoms with Gasteiger partial charge in [0.15, 0.2) is 5.76 Å². The Bertz CT molecular complexity index is 934. The molecule has 2 aromatic carbocycles. The minimum absolute atomic E-state index is 0.109. The summed E-state index contributed by atoms with van der Waals surface area (Å²) in [6.45, 7) is 2.45. The van der Waals surface area contributed by atoms with E-state index < -0.39 is 11.7 Å². The monoisotopic (exact) mass is 362 g/mol. The van der Waals surface area contributed by atoms with Crippen molar-refractivity contribution >= 4 is 11.8 Å². The van der Waals surface area contributed by atoms with Gasteiger partial charge in [0.05, 0.1) is 18.2 Å². The van der Waals surface area contributed by atoms with Gasteiger partial charge in [-0.25, -0.2) is 0 Å². The van der Waals surface area contributed by atoms with Crippen LogP contribution in [0.2, 0.25) is 0 Å². The smallest absolute Gasteiger partial charge is 0.289 e. The Kier molecular flexibility index (Phi) is 4.44. The van der Waals surface area contributed by atoms with Crippen molar-refractivity contribution in [2.45, 2.75) is 25.8 Å². The van der Waals surface area contributed by atoms with E-state index in [-0.39, 0.29) is 24.1 Å². The predicted octanol–water partition coefficient (Wildman–Crippen LogP) is 3.13. The molecule has 138 valence electrons. The van der Waals surface area contributed by atoms with Gasteiger partial charge in [0.25, 0.3) is 11.8 Å². The van der Waals surface area contributed by atoms with Gasteiger partial charge in [-0.05, 0) is 42.0 Å². The molecule has 1 aliphatic carbocycles. The van der Waals surface area contributed by atoms with E-state index in [9.17, 15) is 14.7 Å². The molecule has 2 N–H and O–H groups in total. The van der Waals surface area contributed by atoms with Crippen LogP contribution in [0.5, 0.6) is 0 Å². The van der Waals surface area contributed by atoms with Gasteiger partial charge in [-0.3, -0.25) is 9.59 Å². The highest BCUT2D eigenvalue weighted by molar-refractivity contribution is 6.07. The number of hydrogen-bond donors (Lipinski definition) is 2. The Balaban J connectivity index is 1.58. The van der Waals surface area contributed by atoms with Gasteiger partial charge in [0.2, 0.25) is 0 Å². The Morgan fingerprint density at radius 2 is 1.96 bits per heavy atom. The van der Waals surface area contributed by atoms with Gasteiger partial charge in [0.1, 0.15) is 0 Å². The van der Waals surface area contributed by atoms with Crippen LogP contribution in [0.3, 0.4) is 0 Å². The standard InChI is InChI=1S/C22H22N2O3/c1-2-24-13-18(20(25)22(24)27)21(26)23-19-12-11-16-15(9-6-10-17(16)19)14-7-4-3-5-8-14/h3-10,19,25H,2,11-13H2,1H3,(H,23,26). The van der Waals surface area contributed by atoms with Crippen LogP contribution in [-0.4, -0.2) is 34.9 Å². The first-order chi connectivity index (χ1) is 13.1. The van der Waals surface area contributed by atoms with Crippen molar-refractivity contribution in [2.75, 3.05) is 13.1 Å². The van der Waals surface area contributed by atoms with Crippen molar-refractivity contribution in [2.24, 2.45) is 0 Å². The molecule has 4 rings (SSSR count). The van der Waals surface area contributed by atoms with E-state index in [1.807, 2.05) is 37.3 Å². The number of aliphatic hydroxyl groups is 1. The lowest BCUT2D eigenvalue weighted by atomic mass is 9.96. The van der Waals surface area contributed by atoms with Crippen LogP contribution < -0.4 is 5.32 Å². The second kappa shape index (κ2) is 6.91. The van der Waals surface area contributed by atoms with Crippen molar-refractivity contribution in [1.82, 2.24) is 10.2 Å². The number of nitrogens with zero attached hydrogens (tertiary/aromatic N) is 1. The van der Waals surface area contributed by atoms with Gasteiger partial charge in [-0.2, -0.15) is 0 Å². The van der Waals surface area contributed by atoms with E-state index in [0.717, 1.165) is 18.4 Å². The van der Waals surface area contributed by atoms with Crippen molar-refractivity contribution in [3.63, 3.8) is 0 Å². The molecule has 2 amide bonds. The molecule has 0 aromatic heterocycles. The first-order valence-corrected chi connectivity index (χ1v) is 9.29. The lowest BCUT2D eigenvalue weighted by Crippen LogP contribution is -2.31. The lowest BCUT2D eigenvalue weighted by molar-refractivity contribution is -0.127. The second-order valence-corrected chi connectivity index (χ2v) is 6.95. The minimum atomic E-state index is -0.471. The van der Waals surface area contributed by atoms with Crippen molar-refractivity contribution < 1.29 is 14.7 Å². The van der Waals surface area contributed by atoms with Crippen LogP contribution in [-0.2, 0) is 16.0 Å². The van der Waals surface area contributed by atoms with Gasteiger partial charge < -0.3 is 15.3 Å². The lowest BCUT2D eigenvalue weighted by Gasteiger charge is -2.16. The highest BCUT2D eigenvalue weighted by atomic mass is 16.3. The molecule has 0 radical (unpaired) electrons. The SMILES string of the molecule is CCN1CC(C(=O)NC2CCc3c(-c4ccccc4)cccc32)=C(O)C1=O. The maximum atomic E-state index is 12.7. The van der Waals surface area contributed by atoms with E-state index in [1.54, 1.807) is 0 Å². The number of amides is 2. The maximum absolute atomic E-state index is 12.7. The Labute approximate surface area is 158 Å². The molecule has 5 nitrogen and oxygen atoms in total. The fourth-order valence-corrected chi connectivity index (χ4v) is 3.99. The van der Waals surface area contributed by atoms with Crippen LogP contribution in [0.4, 0.5) is 0 Å². The van der Waals surface area contributed by atoms with Gasteiger partial charge in [-0.1, -0.05) is 48.5 Å². The van der Waals surface area contributed by atoms with E-state index in [2.05, 4.69) is 23.5 Å². The number of nitrogens with one attached hydrogen (secondary N) is 1. The summed E-state index contributed by atoms with van der Waals surface area (Å²) < 4.78 is 0. The number of fused-ring (bicyclic) bond motifs is 1. The molecule has 5 heteroatoms. The summed E-state index contributed by atoms with van der Waals surface area (Å²) >= 11 is 0. The normalized spacial score (nSPS) is 18.8. The molecule has 1 unspecified atom stereocenters. The third-order valence-corrected chi connectivity index (χ3v) is 5.44. The fourth-order valence-electron chi connectivity index (χ4n) is 3.99. The summed E-state index contributed by atoms with van der Waals surface area (Å²) in [6, 6.07) is 16.3. The number of carbonyl (C=O) groups excluding carboxylic acids is 2. The average molecular weight is 362 g/mol. The zero-order chi connectivity index (χ0) is 19.0. The minimum Gasteiger partial charge on any atom is -0.503 e. The van der Waals surface area contributed by atoms with E-state index in [4.69, 9.17) is 0 Å². The summed E-state index contributed by atoms with van der Waals surface area (Å²) in [6.07, 6.45) is 1.70. The van der Waals surface area contributed by atoms with Gasteiger partial charge in [0, 0.05) is 6.54 Å². The van der Waals surface area contributed by atoms with E-state index in [0.29, 0.717) is 6.54 Å². The first-order valence-electron chi connectivity index (χ1n) is 9.29. The maximum Gasteiger partial charge on any atom is 0.289 e. The predicted molar refractivity (Wildman–Crippen MR) is 103 cm³/mol. The van der Waals surface area contributed by atoms with Crippen LogP contribution in [0, 0.1) is 0 Å². The highest BCUT2D eigenvalue weighted by Gasteiger charge is 2.35. The molecule has 0 saturated carbocycles. The molecule has 2 aromatic rings. The zero-order valence-corrected chi connectivity index (χ0v) is 15.2. The molecule has 0 saturated heterocycles. The van der Waals surface area contributed by atoms with Crippen LogP contribution in [0.1, 0.15) is 30.5 Å². The van der Waals surface area contributed by atoms with Crippen molar-refractivity contribution in [3.05, 3.63) is 71.0 Å². The fraction of sp³-hybridized carbons (Fsp3) is 0.273. The number of hydrogen-bond acceptors (Lipinski definition) is 3. The first kappa shape index (κ1) is 17.3. The molecule has 0 fully saturated rings. The van der Waals surface area contributed by atoms with Crippen molar-refractivity contribution in [3.8, 4) is 11.1 Å². The molecule has 0 bridgehead atoms. The number of carbonyl (C=O) groups is 2. The zero-order valence-electron chi connectivity index (χ0n) is 15.2. The number of aliphatic hydroxyl groups excluding tert-OH is 1. The largest absolute Gasteiger partial charge is 0.503 e. The molecular formula is C22H22N2O3. The molecule has 27 heavy (non-hydrogen) atoms. The Morgan fingerprint density at radius 3 is 2.67 bits per heavy atom. The molecule has 1 aliphatic heterocycles. The number of rotatable bonds is 4. The molecule has 0 spiro atoms. The van der Waals surface area contributed by atoms with Crippen LogP contribution >= 0.6 is 0 Å². The van der Waals surface area contributed by atoms with Crippen LogP contribution in [0.15, 0.2) is 59.9 Å². The number of likely N-dealkylation sites (N-methyl/N-ethyl adjacent to an activating group) is 1. The molecule has 1 heterocycles. The summed E-state index contributed by atoms with van der Waals surface area (Å²) in [5, 5.41) is 13.0. The summed E-state index contributed by atoms with van der Waals surface area (Å²) in [4.78, 5) is 26.1. The second-order valence-electron chi connectivity index (χ2n) is 6.95. The van der Waals surface area contributed by atoms with Crippen LogP contribution in [0.25, 0.3) is 11.1 Å². The third kappa shape index (κ3) is 2.99.